The molecule has 4 rings (SSSR count). The first kappa shape index (κ1) is 21.7. The van der Waals surface area contributed by atoms with Crippen LogP contribution in [0, 0.1) is 0 Å². The van der Waals surface area contributed by atoms with Gasteiger partial charge in [0.25, 0.3) is 5.91 Å². The summed E-state index contributed by atoms with van der Waals surface area (Å²) in [6, 6.07) is 10.5. The molecule has 7 heteroatoms. The summed E-state index contributed by atoms with van der Waals surface area (Å²) in [5.41, 5.74) is 1.32. The molecule has 0 bridgehead atoms. The van der Waals surface area contributed by atoms with Crippen LogP contribution in [-0.4, -0.2) is 44.2 Å². The lowest BCUT2D eigenvalue weighted by Crippen LogP contribution is -2.44. The summed E-state index contributed by atoms with van der Waals surface area (Å²) in [5.74, 6) is 1.57. The summed E-state index contributed by atoms with van der Waals surface area (Å²) >= 11 is 0. The van der Waals surface area contributed by atoms with Crippen molar-refractivity contribution in [1.29, 1.82) is 0 Å². The second-order valence-corrected chi connectivity index (χ2v) is 7.93. The van der Waals surface area contributed by atoms with E-state index < -0.39 is 0 Å². The highest BCUT2D eigenvalue weighted by Gasteiger charge is 2.23. The second kappa shape index (κ2) is 9.34. The average Bonchev–Trinajstić information content (AvgIpc) is 2.82. The molecule has 7 nitrogen and oxygen atoms in total. The zero-order valence-corrected chi connectivity index (χ0v) is 18.6. The molecule has 3 aromatic rings. The zero-order valence-electron chi connectivity index (χ0n) is 18.6. The minimum Gasteiger partial charge on any atom is -0.493 e. The van der Waals surface area contributed by atoms with Crippen molar-refractivity contribution in [3.8, 4) is 28.4 Å². The van der Waals surface area contributed by atoms with Gasteiger partial charge < -0.3 is 23.5 Å². The van der Waals surface area contributed by atoms with Gasteiger partial charge in [0.15, 0.2) is 23.5 Å². The first-order chi connectivity index (χ1) is 15.5. The number of hydrogen-bond donors (Lipinski definition) is 0. The summed E-state index contributed by atoms with van der Waals surface area (Å²) in [4.78, 5) is 27.5. The molecule has 0 saturated carbocycles. The smallest absolute Gasteiger partial charge is 0.260 e. The largest absolute Gasteiger partial charge is 0.493 e. The predicted octanol–water partition coefficient (Wildman–Crippen LogP) is 4.26. The number of amides is 1. The molecule has 1 fully saturated rings. The van der Waals surface area contributed by atoms with E-state index in [9.17, 15) is 9.59 Å². The molecule has 0 spiro atoms. The standard InChI is InChI=1S/C25H27NO6/c1-16-6-4-5-11-26(16)24(27)15-31-18-8-9-19-22(13-18)32-14-20(25(19)28)17-7-10-21(29-2)23(12-17)30-3/h7-10,12-14,16H,4-6,11,15H2,1-3H3. The molecular weight excluding hydrogens is 410 g/mol. The number of likely N-dealkylation sites (tertiary alicyclic amines) is 1. The van der Waals surface area contributed by atoms with E-state index in [1.165, 1.54) is 6.26 Å². The van der Waals surface area contributed by atoms with Crippen LogP contribution in [0.5, 0.6) is 17.2 Å². The monoisotopic (exact) mass is 437 g/mol. The van der Waals surface area contributed by atoms with Crippen molar-refractivity contribution in [3.05, 3.63) is 52.9 Å². The van der Waals surface area contributed by atoms with Gasteiger partial charge in [-0.3, -0.25) is 9.59 Å². The fourth-order valence-corrected chi connectivity index (χ4v) is 4.10. The van der Waals surface area contributed by atoms with E-state index in [1.54, 1.807) is 50.6 Å². The zero-order chi connectivity index (χ0) is 22.7. The minimum atomic E-state index is -0.164. The number of carbonyl (C=O) groups is 1. The topological polar surface area (TPSA) is 78.2 Å². The number of nitrogens with zero attached hydrogens (tertiary/aromatic N) is 1. The van der Waals surface area contributed by atoms with Gasteiger partial charge in [-0.05, 0) is 56.0 Å². The van der Waals surface area contributed by atoms with Gasteiger partial charge in [-0.2, -0.15) is 0 Å². The van der Waals surface area contributed by atoms with Gasteiger partial charge in [0, 0.05) is 18.7 Å². The van der Waals surface area contributed by atoms with E-state index in [2.05, 4.69) is 6.92 Å². The number of methoxy groups -OCH3 is 2. The summed E-state index contributed by atoms with van der Waals surface area (Å²) in [5, 5.41) is 0.431. The third-order valence-corrected chi connectivity index (χ3v) is 5.93. The van der Waals surface area contributed by atoms with Crippen LogP contribution in [0.1, 0.15) is 26.2 Å². The van der Waals surface area contributed by atoms with Gasteiger partial charge in [-0.25, -0.2) is 0 Å². The number of benzene rings is 2. The maximum Gasteiger partial charge on any atom is 0.260 e. The molecule has 1 aliphatic heterocycles. The van der Waals surface area contributed by atoms with Crippen LogP contribution in [0.4, 0.5) is 0 Å². The Kier molecular flexibility index (Phi) is 6.35. The van der Waals surface area contributed by atoms with Crippen LogP contribution in [0.2, 0.25) is 0 Å². The van der Waals surface area contributed by atoms with Crippen LogP contribution < -0.4 is 19.6 Å². The van der Waals surface area contributed by atoms with Gasteiger partial charge in [-0.1, -0.05) is 6.07 Å². The minimum absolute atomic E-state index is 0.0254. The van der Waals surface area contributed by atoms with E-state index in [0.29, 0.717) is 39.3 Å². The van der Waals surface area contributed by atoms with Crippen molar-refractivity contribution in [1.82, 2.24) is 4.90 Å². The molecule has 32 heavy (non-hydrogen) atoms. The Morgan fingerprint density at radius 1 is 1.09 bits per heavy atom. The molecule has 1 aromatic heterocycles. The van der Waals surface area contributed by atoms with Gasteiger partial charge in [0.1, 0.15) is 17.6 Å². The summed E-state index contributed by atoms with van der Waals surface area (Å²) in [7, 11) is 3.10. The highest BCUT2D eigenvalue weighted by atomic mass is 16.5. The van der Waals surface area contributed by atoms with Gasteiger partial charge in [0.05, 0.1) is 25.2 Å². The Morgan fingerprint density at radius 2 is 1.91 bits per heavy atom. The summed E-state index contributed by atoms with van der Waals surface area (Å²) < 4.78 is 22.0. The molecule has 1 amide bonds. The number of carbonyl (C=O) groups excluding carboxylic acids is 1. The number of rotatable bonds is 6. The van der Waals surface area contributed by atoms with E-state index in [1.807, 2.05) is 4.90 Å². The van der Waals surface area contributed by atoms with E-state index in [4.69, 9.17) is 18.6 Å². The molecule has 2 aromatic carbocycles. The molecule has 1 unspecified atom stereocenters. The van der Waals surface area contributed by atoms with Crippen molar-refractivity contribution in [2.24, 2.45) is 0 Å². The summed E-state index contributed by atoms with van der Waals surface area (Å²) in [6.07, 6.45) is 4.63. The van der Waals surface area contributed by atoms with Crippen LogP contribution in [0.15, 0.2) is 51.9 Å². The van der Waals surface area contributed by atoms with Gasteiger partial charge in [0.2, 0.25) is 0 Å². The van der Waals surface area contributed by atoms with Gasteiger partial charge >= 0.3 is 0 Å². The molecule has 168 valence electrons. The second-order valence-electron chi connectivity index (χ2n) is 7.93. The molecule has 2 heterocycles. The van der Waals surface area contributed by atoms with Crippen molar-refractivity contribution in [3.63, 3.8) is 0 Å². The Labute approximate surface area is 186 Å². The van der Waals surface area contributed by atoms with Crippen molar-refractivity contribution in [2.45, 2.75) is 32.2 Å². The third kappa shape index (κ3) is 4.28. The molecular formula is C25H27NO6. The Hall–Kier alpha value is -3.48. The maximum absolute atomic E-state index is 13.1. The normalized spacial score (nSPS) is 16.1. The lowest BCUT2D eigenvalue weighted by Gasteiger charge is -2.33. The molecule has 1 atom stereocenters. The third-order valence-electron chi connectivity index (χ3n) is 5.93. The fraction of sp³-hybridized carbons (Fsp3) is 0.360. The number of hydrogen-bond acceptors (Lipinski definition) is 6. The highest BCUT2D eigenvalue weighted by Crippen LogP contribution is 2.32. The van der Waals surface area contributed by atoms with Crippen LogP contribution in [0.25, 0.3) is 22.1 Å². The number of ether oxygens (including phenoxy) is 3. The first-order valence-corrected chi connectivity index (χ1v) is 10.7. The first-order valence-electron chi connectivity index (χ1n) is 10.7. The average molecular weight is 437 g/mol. The van der Waals surface area contributed by atoms with Crippen molar-refractivity contribution < 1.29 is 23.4 Å². The van der Waals surface area contributed by atoms with Crippen LogP contribution in [-0.2, 0) is 4.79 Å². The molecule has 0 radical (unpaired) electrons. The van der Waals surface area contributed by atoms with Crippen molar-refractivity contribution in [2.75, 3.05) is 27.4 Å². The lowest BCUT2D eigenvalue weighted by molar-refractivity contribution is -0.136. The SMILES string of the molecule is COc1ccc(-c2coc3cc(OCC(=O)N4CCCCC4C)ccc3c2=O)cc1OC. The molecule has 1 aliphatic rings. The van der Waals surface area contributed by atoms with E-state index >= 15 is 0 Å². The van der Waals surface area contributed by atoms with Crippen molar-refractivity contribution >= 4 is 16.9 Å². The molecule has 1 saturated heterocycles. The summed E-state index contributed by atoms with van der Waals surface area (Å²) in [6.45, 7) is 2.80. The number of piperidine rings is 1. The highest BCUT2D eigenvalue weighted by molar-refractivity contribution is 5.83. The van der Waals surface area contributed by atoms with E-state index in [0.717, 1.165) is 25.8 Å². The molecule has 0 aliphatic carbocycles. The van der Waals surface area contributed by atoms with Crippen LogP contribution in [0.3, 0.4) is 0 Å². The lowest BCUT2D eigenvalue weighted by atomic mass is 10.0. The van der Waals surface area contributed by atoms with E-state index in [-0.39, 0.29) is 24.0 Å². The Bertz CT molecular complexity index is 1180. The Morgan fingerprint density at radius 3 is 2.66 bits per heavy atom. The van der Waals surface area contributed by atoms with Crippen LogP contribution >= 0.6 is 0 Å². The predicted molar refractivity (Wildman–Crippen MR) is 122 cm³/mol. The quantitative estimate of drug-likeness (QED) is 0.574. The number of fused-ring (bicyclic) bond motifs is 1. The molecule has 0 N–H and O–H groups in total. The fourth-order valence-electron chi connectivity index (χ4n) is 4.10. The Balaban J connectivity index is 1.55. The van der Waals surface area contributed by atoms with Gasteiger partial charge in [-0.15, -0.1) is 0 Å². The maximum atomic E-state index is 13.1.